The Morgan fingerprint density at radius 1 is 1.44 bits per heavy atom. The standard InChI is InChI=1S/C10H7F3N2O/c1-6(16)9-14-5-8-4-7(10(11,12)13)2-3-15(8)9/h2-5H,1H3. The highest BCUT2D eigenvalue weighted by atomic mass is 19.4. The van der Waals surface area contributed by atoms with Crippen LogP contribution in [0, 0.1) is 0 Å². The fourth-order valence-corrected chi connectivity index (χ4v) is 1.44. The molecule has 0 bridgehead atoms. The van der Waals surface area contributed by atoms with Gasteiger partial charge in [0.1, 0.15) is 0 Å². The maximum atomic E-state index is 12.4. The third-order valence-corrected chi connectivity index (χ3v) is 2.17. The van der Waals surface area contributed by atoms with Crippen molar-refractivity contribution in [2.45, 2.75) is 13.1 Å². The molecule has 0 amide bonds. The Kier molecular flexibility index (Phi) is 2.22. The van der Waals surface area contributed by atoms with Crippen LogP contribution in [0.15, 0.2) is 24.5 Å². The van der Waals surface area contributed by atoms with E-state index in [1.807, 2.05) is 0 Å². The average molecular weight is 228 g/mol. The number of nitrogens with zero attached hydrogens (tertiary/aromatic N) is 2. The average Bonchev–Trinajstić information content (AvgIpc) is 2.58. The molecule has 0 aliphatic heterocycles. The van der Waals surface area contributed by atoms with Crippen molar-refractivity contribution >= 4 is 11.3 Å². The van der Waals surface area contributed by atoms with Gasteiger partial charge < -0.3 is 0 Å². The summed E-state index contributed by atoms with van der Waals surface area (Å²) < 4.78 is 38.5. The molecular formula is C10H7F3N2O. The summed E-state index contributed by atoms with van der Waals surface area (Å²) in [5, 5.41) is 0. The van der Waals surface area contributed by atoms with Crippen LogP contribution in [0.1, 0.15) is 23.1 Å². The minimum absolute atomic E-state index is 0.128. The van der Waals surface area contributed by atoms with Crippen LogP contribution in [-0.2, 0) is 6.18 Å². The van der Waals surface area contributed by atoms with E-state index in [9.17, 15) is 18.0 Å². The lowest BCUT2D eigenvalue weighted by molar-refractivity contribution is -0.137. The van der Waals surface area contributed by atoms with E-state index in [4.69, 9.17) is 0 Å². The maximum Gasteiger partial charge on any atom is 0.416 e. The fraction of sp³-hybridized carbons (Fsp3) is 0.200. The highest BCUT2D eigenvalue weighted by Gasteiger charge is 2.30. The summed E-state index contributed by atoms with van der Waals surface area (Å²) in [5.74, 6) is -0.163. The lowest BCUT2D eigenvalue weighted by Crippen LogP contribution is -2.06. The lowest BCUT2D eigenvalue weighted by atomic mass is 10.2. The molecule has 3 nitrogen and oxygen atoms in total. The molecule has 0 radical (unpaired) electrons. The maximum absolute atomic E-state index is 12.4. The first-order chi connectivity index (χ1) is 7.39. The van der Waals surface area contributed by atoms with Gasteiger partial charge >= 0.3 is 6.18 Å². The summed E-state index contributed by atoms with van der Waals surface area (Å²) in [6, 6.07) is 1.88. The number of alkyl halides is 3. The number of carbonyl (C=O) groups is 1. The van der Waals surface area contributed by atoms with Crippen LogP contribution < -0.4 is 0 Å². The molecule has 6 heteroatoms. The zero-order valence-corrected chi connectivity index (χ0v) is 8.25. The van der Waals surface area contributed by atoms with E-state index < -0.39 is 11.7 Å². The van der Waals surface area contributed by atoms with Crippen molar-refractivity contribution in [2.24, 2.45) is 0 Å². The van der Waals surface area contributed by atoms with Gasteiger partial charge in [-0.15, -0.1) is 0 Å². The molecule has 16 heavy (non-hydrogen) atoms. The second-order valence-corrected chi connectivity index (χ2v) is 3.35. The molecule has 0 aliphatic rings. The van der Waals surface area contributed by atoms with Crippen LogP contribution >= 0.6 is 0 Å². The van der Waals surface area contributed by atoms with Gasteiger partial charge in [0.2, 0.25) is 0 Å². The van der Waals surface area contributed by atoms with E-state index >= 15 is 0 Å². The topological polar surface area (TPSA) is 34.4 Å². The normalized spacial score (nSPS) is 12.0. The third-order valence-electron chi connectivity index (χ3n) is 2.17. The summed E-state index contributed by atoms with van der Waals surface area (Å²) in [4.78, 5) is 14.9. The number of rotatable bonds is 1. The highest BCUT2D eigenvalue weighted by Crippen LogP contribution is 2.29. The molecule has 2 rings (SSSR count). The largest absolute Gasteiger partial charge is 0.416 e. The van der Waals surface area contributed by atoms with Gasteiger partial charge in [0.05, 0.1) is 17.3 Å². The lowest BCUT2D eigenvalue weighted by Gasteiger charge is -2.06. The number of ketones is 1. The highest BCUT2D eigenvalue weighted by molar-refractivity contribution is 5.91. The molecule has 0 aliphatic carbocycles. The van der Waals surface area contributed by atoms with Gasteiger partial charge in [-0.25, -0.2) is 4.98 Å². The van der Waals surface area contributed by atoms with E-state index in [-0.39, 0.29) is 17.1 Å². The van der Waals surface area contributed by atoms with Crippen LogP contribution in [0.5, 0.6) is 0 Å². The van der Waals surface area contributed by atoms with Crippen molar-refractivity contribution in [1.29, 1.82) is 0 Å². The van der Waals surface area contributed by atoms with Gasteiger partial charge in [0, 0.05) is 13.1 Å². The van der Waals surface area contributed by atoms with Crippen LogP contribution in [0.3, 0.4) is 0 Å². The molecule has 0 N–H and O–H groups in total. The van der Waals surface area contributed by atoms with Crippen molar-refractivity contribution in [3.63, 3.8) is 0 Å². The first-order valence-corrected chi connectivity index (χ1v) is 4.45. The quantitative estimate of drug-likeness (QED) is 0.703. The molecule has 0 saturated carbocycles. The zero-order valence-electron chi connectivity index (χ0n) is 8.25. The Bertz CT molecular complexity index is 557. The summed E-state index contributed by atoms with van der Waals surface area (Å²) in [6.45, 7) is 1.31. The van der Waals surface area contributed by atoms with Crippen LogP contribution in [0.25, 0.3) is 5.52 Å². The van der Waals surface area contributed by atoms with Gasteiger partial charge in [-0.2, -0.15) is 13.2 Å². The fourth-order valence-electron chi connectivity index (χ4n) is 1.44. The minimum atomic E-state index is -4.39. The molecule has 2 aromatic rings. The van der Waals surface area contributed by atoms with Gasteiger partial charge in [-0.05, 0) is 12.1 Å². The molecule has 0 spiro atoms. The molecule has 2 heterocycles. The molecule has 0 aromatic carbocycles. The van der Waals surface area contributed by atoms with Crippen molar-refractivity contribution in [3.05, 3.63) is 35.9 Å². The number of halogens is 3. The summed E-state index contributed by atoms with van der Waals surface area (Å²) in [6.07, 6.45) is -1.95. The van der Waals surface area contributed by atoms with Crippen LogP contribution in [-0.4, -0.2) is 15.2 Å². The predicted molar refractivity (Wildman–Crippen MR) is 50.2 cm³/mol. The number of Topliss-reactive ketones (excluding diaryl/α,β-unsaturated/α-hetero) is 1. The minimum Gasteiger partial charge on any atom is -0.297 e. The van der Waals surface area contributed by atoms with Crippen molar-refractivity contribution in [3.8, 4) is 0 Å². The molecule has 0 unspecified atom stereocenters. The van der Waals surface area contributed by atoms with Crippen molar-refractivity contribution < 1.29 is 18.0 Å². The molecule has 0 saturated heterocycles. The summed E-state index contributed by atoms with van der Waals surface area (Å²) in [7, 11) is 0. The van der Waals surface area contributed by atoms with E-state index in [2.05, 4.69) is 4.98 Å². The molecule has 0 atom stereocenters. The monoisotopic (exact) mass is 228 g/mol. The molecule has 0 fully saturated rings. The second kappa shape index (κ2) is 3.33. The Labute approximate surface area is 88.5 Å². The van der Waals surface area contributed by atoms with Gasteiger partial charge in [0.15, 0.2) is 11.6 Å². The third kappa shape index (κ3) is 1.66. The van der Waals surface area contributed by atoms with E-state index in [1.54, 1.807) is 0 Å². The summed E-state index contributed by atoms with van der Waals surface area (Å²) in [5.41, 5.74) is -0.505. The number of aromatic nitrogens is 2. The van der Waals surface area contributed by atoms with E-state index in [1.165, 1.54) is 23.7 Å². The number of fused-ring (bicyclic) bond motifs is 1. The summed E-state index contributed by atoms with van der Waals surface area (Å²) >= 11 is 0. The molecular weight excluding hydrogens is 221 g/mol. The zero-order chi connectivity index (χ0) is 11.9. The Morgan fingerprint density at radius 2 is 2.12 bits per heavy atom. The molecule has 84 valence electrons. The van der Waals surface area contributed by atoms with Gasteiger partial charge in [-0.3, -0.25) is 9.20 Å². The number of pyridine rings is 1. The van der Waals surface area contributed by atoms with Crippen molar-refractivity contribution in [1.82, 2.24) is 9.38 Å². The second-order valence-electron chi connectivity index (χ2n) is 3.35. The Morgan fingerprint density at radius 3 is 2.69 bits per heavy atom. The first kappa shape index (κ1) is 10.7. The SMILES string of the molecule is CC(=O)c1ncc2cc(C(F)(F)F)ccn12. The predicted octanol–water partition coefficient (Wildman–Crippen LogP) is 2.56. The van der Waals surface area contributed by atoms with E-state index in [0.29, 0.717) is 0 Å². The Hall–Kier alpha value is -1.85. The van der Waals surface area contributed by atoms with Crippen LogP contribution in [0.4, 0.5) is 13.2 Å². The first-order valence-electron chi connectivity index (χ1n) is 4.45. The molecule has 2 aromatic heterocycles. The van der Waals surface area contributed by atoms with Crippen LogP contribution in [0.2, 0.25) is 0 Å². The van der Waals surface area contributed by atoms with E-state index in [0.717, 1.165) is 12.1 Å². The number of hydrogen-bond acceptors (Lipinski definition) is 2. The Balaban J connectivity index is 2.62. The van der Waals surface area contributed by atoms with Crippen molar-refractivity contribution in [2.75, 3.05) is 0 Å². The smallest absolute Gasteiger partial charge is 0.297 e. The van der Waals surface area contributed by atoms with Gasteiger partial charge in [0.25, 0.3) is 0 Å². The number of carbonyl (C=O) groups excluding carboxylic acids is 1. The van der Waals surface area contributed by atoms with Gasteiger partial charge in [-0.1, -0.05) is 0 Å². The number of hydrogen-bond donors (Lipinski definition) is 0. The number of imidazole rings is 1.